The number of nitrogens with one attached hydrogen (secondary N) is 3. The number of hydrogen-bond acceptors (Lipinski definition) is 3. The van der Waals surface area contributed by atoms with Crippen LogP contribution in [0.3, 0.4) is 0 Å². The van der Waals surface area contributed by atoms with Gasteiger partial charge in [-0.1, -0.05) is 36.8 Å². The van der Waals surface area contributed by atoms with Crippen molar-refractivity contribution in [3.05, 3.63) is 35.9 Å². The molecule has 1 fully saturated rings. The van der Waals surface area contributed by atoms with Gasteiger partial charge < -0.3 is 16.0 Å². The van der Waals surface area contributed by atoms with E-state index in [0.29, 0.717) is 12.5 Å². The SMILES string of the molecule is CCNC(=NCC(=O)NCCc1ccccc1)NCC(C)(C)N1CCCCC1.I. The van der Waals surface area contributed by atoms with E-state index < -0.39 is 0 Å². The van der Waals surface area contributed by atoms with Crippen molar-refractivity contribution in [2.75, 3.05) is 39.3 Å². The molecule has 1 aliphatic rings. The van der Waals surface area contributed by atoms with Crippen LogP contribution in [0.25, 0.3) is 0 Å². The molecule has 0 aliphatic carbocycles. The second-order valence-electron chi connectivity index (χ2n) is 7.99. The zero-order valence-electron chi connectivity index (χ0n) is 18.2. The molecule has 1 heterocycles. The molecule has 6 nitrogen and oxygen atoms in total. The molecule has 1 aliphatic heterocycles. The van der Waals surface area contributed by atoms with Gasteiger partial charge in [-0.3, -0.25) is 9.69 Å². The fraction of sp³-hybridized carbons (Fsp3) is 0.636. The average molecular weight is 515 g/mol. The molecule has 1 aromatic rings. The highest BCUT2D eigenvalue weighted by Gasteiger charge is 2.27. The van der Waals surface area contributed by atoms with Crippen molar-refractivity contribution >= 4 is 35.8 Å². The third-order valence-corrected chi connectivity index (χ3v) is 5.20. The van der Waals surface area contributed by atoms with Crippen LogP contribution < -0.4 is 16.0 Å². The summed E-state index contributed by atoms with van der Waals surface area (Å²) in [5.74, 6) is 0.647. The predicted octanol–water partition coefficient (Wildman–Crippen LogP) is 2.78. The lowest BCUT2D eigenvalue weighted by Crippen LogP contribution is -2.55. The van der Waals surface area contributed by atoms with E-state index in [1.54, 1.807) is 0 Å². The number of aliphatic imine (C=N–C) groups is 1. The minimum absolute atomic E-state index is 0. The Morgan fingerprint density at radius 3 is 2.41 bits per heavy atom. The van der Waals surface area contributed by atoms with Gasteiger partial charge in [-0.15, -0.1) is 24.0 Å². The van der Waals surface area contributed by atoms with Crippen LogP contribution in [0.1, 0.15) is 45.6 Å². The first-order chi connectivity index (χ1) is 13.5. The fourth-order valence-corrected chi connectivity index (χ4v) is 3.45. The molecule has 164 valence electrons. The summed E-state index contributed by atoms with van der Waals surface area (Å²) in [5.41, 5.74) is 1.29. The number of likely N-dealkylation sites (tertiary alicyclic amines) is 1. The number of halogens is 1. The summed E-state index contributed by atoms with van der Waals surface area (Å²) >= 11 is 0. The molecule has 1 amide bonds. The van der Waals surface area contributed by atoms with Crippen LogP contribution in [-0.4, -0.2) is 61.6 Å². The summed E-state index contributed by atoms with van der Waals surface area (Å²) in [5, 5.41) is 9.59. The molecule has 2 rings (SSSR count). The van der Waals surface area contributed by atoms with Gasteiger partial charge in [0.25, 0.3) is 0 Å². The Labute approximate surface area is 193 Å². The third kappa shape index (κ3) is 9.80. The quantitative estimate of drug-likeness (QED) is 0.269. The van der Waals surface area contributed by atoms with Crippen molar-refractivity contribution < 1.29 is 4.79 Å². The highest BCUT2D eigenvalue weighted by atomic mass is 127. The van der Waals surface area contributed by atoms with E-state index in [-0.39, 0.29) is 42.0 Å². The summed E-state index contributed by atoms with van der Waals surface area (Å²) in [4.78, 5) is 19.1. The Balaban J connectivity index is 0.00000420. The van der Waals surface area contributed by atoms with Gasteiger partial charge in [0.15, 0.2) is 5.96 Å². The van der Waals surface area contributed by atoms with Gasteiger partial charge in [-0.25, -0.2) is 4.99 Å². The van der Waals surface area contributed by atoms with E-state index in [0.717, 1.165) is 32.6 Å². The summed E-state index contributed by atoms with van der Waals surface area (Å²) in [6.45, 7) is 11.2. The van der Waals surface area contributed by atoms with Gasteiger partial charge in [-0.05, 0) is 58.7 Å². The second kappa shape index (κ2) is 13.8. The first-order valence-corrected chi connectivity index (χ1v) is 10.6. The lowest BCUT2D eigenvalue weighted by atomic mass is 9.98. The van der Waals surface area contributed by atoms with Crippen molar-refractivity contribution in [3.8, 4) is 0 Å². The number of piperidine rings is 1. The minimum atomic E-state index is -0.0524. The molecule has 0 spiro atoms. The van der Waals surface area contributed by atoms with Crippen LogP contribution >= 0.6 is 24.0 Å². The molecule has 7 heteroatoms. The summed E-state index contributed by atoms with van der Waals surface area (Å²) < 4.78 is 0. The molecule has 0 unspecified atom stereocenters. The normalized spacial score (nSPS) is 15.3. The van der Waals surface area contributed by atoms with E-state index in [9.17, 15) is 4.79 Å². The number of nitrogens with zero attached hydrogens (tertiary/aromatic N) is 2. The molecule has 1 saturated heterocycles. The monoisotopic (exact) mass is 515 g/mol. The number of rotatable bonds is 9. The number of amides is 1. The van der Waals surface area contributed by atoms with Gasteiger partial charge in [0.05, 0.1) is 0 Å². The highest BCUT2D eigenvalue weighted by Crippen LogP contribution is 2.19. The Bertz CT molecular complexity index is 615. The first kappa shape index (κ1) is 25.7. The minimum Gasteiger partial charge on any atom is -0.357 e. The first-order valence-electron chi connectivity index (χ1n) is 10.6. The molecule has 3 N–H and O–H groups in total. The maximum atomic E-state index is 12.1. The van der Waals surface area contributed by atoms with Crippen LogP contribution in [-0.2, 0) is 11.2 Å². The Kier molecular flexibility index (Phi) is 12.2. The van der Waals surface area contributed by atoms with E-state index in [2.05, 4.69) is 51.8 Å². The van der Waals surface area contributed by atoms with E-state index >= 15 is 0 Å². The fourth-order valence-electron chi connectivity index (χ4n) is 3.45. The van der Waals surface area contributed by atoms with E-state index in [4.69, 9.17) is 0 Å². The Morgan fingerprint density at radius 1 is 1.07 bits per heavy atom. The Morgan fingerprint density at radius 2 is 1.76 bits per heavy atom. The molecular weight excluding hydrogens is 477 g/mol. The number of carbonyl (C=O) groups excluding carboxylic acids is 1. The standard InChI is InChI=1S/C22H37N5O.HI/c1-4-23-21(26-18-22(2,3)27-15-9-6-10-16-27)25-17-20(28)24-14-13-19-11-7-5-8-12-19;/h5,7-8,11-12H,4,6,9-10,13-18H2,1-3H3,(H,24,28)(H2,23,25,26);1H. The smallest absolute Gasteiger partial charge is 0.241 e. The molecule has 0 saturated carbocycles. The predicted molar refractivity (Wildman–Crippen MR) is 132 cm³/mol. The van der Waals surface area contributed by atoms with E-state index in [1.807, 2.05) is 25.1 Å². The largest absolute Gasteiger partial charge is 0.357 e. The second-order valence-corrected chi connectivity index (χ2v) is 7.99. The molecule has 1 aromatic carbocycles. The maximum absolute atomic E-state index is 12.1. The van der Waals surface area contributed by atoms with Crippen LogP contribution in [0.2, 0.25) is 0 Å². The molecule has 29 heavy (non-hydrogen) atoms. The van der Waals surface area contributed by atoms with Crippen molar-refractivity contribution in [1.29, 1.82) is 0 Å². The molecule has 0 radical (unpaired) electrons. The van der Waals surface area contributed by atoms with Gasteiger partial charge in [0.1, 0.15) is 6.54 Å². The molecule has 0 atom stereocenters. The van der Waals surface area contributed by atoms with Crippen molar-refractivity contribution in [3.63, 3.8) is 0 Å². The lowest BCUT2D eigenvalue weighted by Gasteiger charge is -2.41. The summed E-state index contributed by atoms with van der Waals surface area (Å²) in [6.07, 6.45) is 4.73. The third-order valence-electron chi connectivity index (χ3n) is 5.20. The van der Waals surface area contributed by atoms with Gasteiger partial charge >= 0.3 is 0 Å². The van der Waals surface area contributed by atoms with Gasteiger partial charge in [-0.2, -0.15) is 0 Å². The lowest BCUT2D eigenvalue weighted by molar-refractivity contribution is -0.119. The van der Waals surface area contributed by atoms with Crippen LogP contribution in [0, 0.1) is 0 Å². The highest BCUT2D eigenvalue weighted by molar-refractivity contribution is 14.0. The summed E-state index contributed by atoms with van der Waals surface area (Å²) in [7, 11) is 0. The topological polar surface area (TPSA) is 68.8 Å². The zero-order chi connectivity index (χ0) is 20.2. The van der Waals surface area contributed by atoms with Crippen LogP contribution in [0.4, 0.5) is 0 Å². The zero-order valence-corrected chi connectivity index (χ0v) is 20.5. The number of hydrogen-bond donors (Lipinski definition) is 3. The number of guanidine groups is 1. The van der Waals surface area contributed by atoms with Crippen molar-refractivity contribution in [1.82, 2.24) is 20.9 Å². The van der Waals surface area contributed by atoms with Gasteiger partial charge in [0.2, 0.25) is 5.91 Å². The van der Waals surface area contributed by atoms with Crippen molar-refractivity contribution in [2.45, 2.75) is 52.0 Å². The van der Waals surface area contributed by atoms with E-state index in [1.165, 1.54) is 24.8 Å². The molecular formula is C22H38IN5O. The average Bonchev–Trinajstić information content (AvgIpc) is 2.71. The van der Waals surface area contributed by atoms with Gasteiger partial charge in [0, 0.05) is 25.2 Å². The molecule has 0 bridgehead atoms. The van der Waals surface area contributed by atoms with Crippen molar-refractivity contribution in [2.24, 2.45) is 4.99 Å². The number of carbonyl (C=O) groups is 1. The maximum Gasteiger partial charge on any atom is 0.241 e. The summed E-state index contributed by atoms with van der Waals surface area (Å²) in [6, 6.07) is 10.2. The number of benzene rings is 1. The Hall–Kier alpha value is -1.35. The van der Waals surface area contributed by atoms with Crippen LogP contribution in [0.5, 0.6) is 0 Å². The van der Waals surface area contributed by atoms with Crippen LogP contribution in [0.15, 0.2) is 35.3 Å². The molecule has 0 aromatic heterocycles.